The molecule has 4 heteroatoms. The van der Waals surface area contributed by atoms with E-state index in [1.54, 1.807) is 6.20 Å². The first-order chi connectivity index (χ1) is 9.40. The number of benzene rings is 1. The number of hydrogen-bond donors (Lipinski definition) is 1. The smallest absolute Gasteiger partial charge is 0.112 e. The Balaban J connectivity index is 1.49. The topological polar surface area (TPSA) is 44.8 Å². The lowest BCUT2D eigenvalue weighted by molar-refractivity contribution is 0.0476. The third kappa shape index (κ3) is 1.96. The molecule has 2 aliphatic rings. The number of aromatic nitrogens is 3. The van der Waals surface area contributed by atoms with Crippen molar-refractivity contribution in [1.29, 1.82) is 0 Å². The minimum absolute atomic E-state index is 0.701. The van der Waals surface area contributed by atoms with Gasteiger partial charge in [0.15, 0.2) is 0 Å². The van der Waals surface area contributed by atoms with Crippen molar-refractivity contribution in [3.05, 3.63) is 36.0 Å². The highest BCUT2D eigenvalue weighted by Crippen LogP contribution is 2.35. The van der Waals surface area contributed by atoms with Crippen molar-refractivity contribution in [3.63, 3.8) is 0 Å². The summed E-state index contributed by atoms with van der Waals surface area (Å²) in [6.07, 6.45) is 6.02. The van der Waals surface area contributed by atoms with E-state index in [0.29, 0.717) is 5.92 Å². The molecule has 98 valence electrons. The van der Waals surface area contributed by atoms with Crippen molar-refractivity contribution in [2.45, 2.75) is 31.2 Å². The maximum Gasteiger partial charge on any atom is 0.112 e. The van der Waals surface area contributed by atoms with Gasteiger partial charge in [-0.3, -0.25) is 4.90 Å². The van der Waals surface area contributed by atoms with Gasteiger partial charge in [0.05, 0.1) is 6.20 Å². The molecule has 0 amide bonds. The zero-order chi connectivity index (χ0) is 12.7. The van der Waals surface area contributed by atoms with Crippen molar-refractivity contribution in [2.24, 2.45) is 0 Å². The zero-order valence-corrected chi connectivity index (χ0v) is 10.9. The van der Waals surface area contributed by atoms with Crippen LogP contribution in [0.5, 0.6) is 0 Å². The molecule has 4 nitrogen and oxygen atoms in total. The predicted molar refractivity (Wildman–Crippen MR) is 73.8 cm³/mol. The third-order valence-corrected chi connectivity index (χ3v) is 4.57. The normalized spacial score (nSPS) is 21.1. The summed E-state index contributed by atoms with van der Waals surface area (Å²) in [4.78, 5) is 2.64. The quantitative estimate of drug-likeness (QED) is 0.915. The van der Waals surface area contributed by atoms with Crippen LogP contribution < -0.4 is 0 Å². The summed E-state index contributed by atoms with van der Waals surface area (Å²) >= 11 is 0. The van der Waals surface area contributed by atoms with E-state index in [0.717, 1.165) is 17.3 Å². The molecule has 0 spiro atoms. The SMILES string of the molecule is c1cc(-c2cn[nH]n2)cc(C2CN(C3CCC3)C2)c1. The number of rotatable bonds is 3. The maximum atomic E-state index is 4.15. The molecule has 1 N–H and O–H groups in total. The van der Waals surface area contributed by atoms with Gasteiger partial charge in [0.2, 0.25) is 0 Å². The van der Waals surface area contributed by atoms with E-state index >= 15 is 0 Å². The Bertz CT molecular complexity index is 553. The fourth-order valence-corrected chi connectivity index (χ4v) is 3.07. The fraction of sp³-hybridized carbons (Fsp3) is 0.467. The van der Waals surface area contributed by atoms with E-state index < -0.39 is 0 Å². The number of nitrogens with one attached hydrogen (secondary N) is 1. The molecule has 1 saturated carbocycles. The largest absolute Gasteiger partial charge is 0.299 e. The molecular formula is C15H18N4. The monoisotopic (exact) mass is 254 g/mol. The first-order valence-electron chi connectivity index (χ1n) is 7.10. The molecule has 1 aliphatic carbocycles. The van der Waals surface area contributed by atoms with Crippen molar-refractivity contribution < 1.29 is 0 Å². The lowest BCUT2D eigenvalue weighted by Crippen LogP contribution is -2.53. The summed E-state index contributed by atoms with van der Waals surface area (Å²) in [5.74, 6) is 0.701. The molecular weight excluding hydrogens is 236 g/mol. The van der Waals surface area contributed by atoms with Gasteiger partial charge < -0.3 is 0 Å². The molecule has 0 unspecified atom stereocenters. The van der Waals surface area contributed by atoms with Gasteiger partial charge >= 0.3 is 0 Å². The van der Waals surface area contributed by atoms with E-state index in [1.807, 2.05) is 0 Å². The van der Waals surface area contributed by atoms with Crippen LogP contribution in [-0.4, -0.2) is 39.4 Å². The Morgan fingerprint density at radius 2 is 2.11 bits per heavy atom. The summed E-state index contributed by atoms with van der Waals surface area (Å²) in [5.41, 5.74) is 3.53. The molecule has 2 aromatic rings. The number of likely N-dealkylation sites (tertiary alicyclic amines) is 1. The molecule has 1 aromatic carbocycles. The average Bonchev–Trinajstić information content (AvgIpc) is 2.84. The molecule has 4 rings (SSSR count). The van der Waals surface area contributed by atoms with Crippen LogP contribution in [0.1, 0.15) is 30.7 Å². The highest BCUT2D eigenvalue weighted by molar-refractivity contribution is 5.59. The van der Waals surface area contributed by atoms with E-state index in [-0.39, 0.29) is 0 Å². The van der Waals surface area contributed by atoms with Gasteiger partial charge in [0, 0.05) is 30.6 Å². The molecule has 0 atom stereocenters. The van der Waals surface area contributed by atoms with Crippen LogP contribution in [0.2, 0.25) is 0 Å². The molecule has 19 heavy (non-hydrogen) atoms. The van der Waals surface area contributed by atoms with Crippen LogP contribution in [0, 0.1) is 0 Å². The van der Waals surface area contributed by atoms with Crippen LogP contribution in [0.4, 0.5) is 0 Å². The lowest BCUT2D eigenvalue weighted by Gasteiger charge is -2.48. The van der Waals surface area contributed by atoms with Gasteiger partial charge in [-0.15, -0.1) is 0 Å². The molecule has 0 bridgehead atoms. The lowest BCUT2D eigenvalue weighted by atomic mass is 9.83. The van der Waals surface area contributed by atoms with Gasteiger partial charge in [0.25, 0.3) is 0 Å². The van der Waals surface area contributed by atoms with Crippen molar-refractivity contribution in [2.75, 3.05) is 13.1 Å². The molecule has 0 radical (unpaired) electrons. The van der Waals surface area contributed by atoms with Gasteiger partial charge in [0.1, 0.15) is 5.69 Å². The zero-order valence-electron chi connectivity index (χ0n) is 10.9. The Morgan fingerprint density at radius 1 is 1.21 bits per heavy atom. The summed E-state index contributed by atoms with van der Waals surface area (Å²) in [6.45, 7) is 2.46. The van der Waals surface area contributed by atoms with Gasteiger partial charge in [-0.25, -0.2) is 0 Å². The Morgan fingerprint density at radius 3 is 2.79 bits per heavy atom. The maximum absolute atomic E-state index is 4.15. The molecule has 1 aromatic heterocycles. The first-order valence-corrected chi connectivity index (χ1v) is 7.10. The molecule has 2 heterocycles. The number of aromatic amines is 1. The first kappa shape index (κ1) is 11.2. The Kier molecular flexibility index (Phi) is 2.62. The summed E-state index contributed by atoms with van der Waals surface area (Å²) < 4.78 is 0. The van der Waals surface area contributed by atoms with E-state index in [4.69, 9.17) is 0 Å². The van der Waals surface area contributed by atoms with Crippen molar-refractivity contribution >= 4 is 0 Å². The highest BCUT2D eigenvalue weighted by atomic mass is 15.3. The summed E-state index contributed by atoms with van der Waals surface area (Å²) in [5, 5.41) is 10.7. The predicted octanol–water partition coefficient (Wildman–Crippen LogP) is 2.42. The minimum Gasteiger partial charge on any atom is -0.299 e. The van der Waals surface area contributed by atoms with Crippen molar-refractivity contribution in [1.82, 2.24) is 20.3 Å². The van der Waals surface area contributed by atoms with E-state index in [2.05, 4.69) is 44.6 Å². The van der Waals surface area contributed by atoms with Crippen LogP contribution in [0.15, 0.2) is 30.5 Å². The van der Waals surface area contributed by atoms with Crippen LogP contribution in [0.25, 0.3) is 11.3 Å². The summed E-state index contributed by atoms with van der Waals surface area (Å²) in [6, 6.07) is 9.62. The molecule has 1 aliphatic heterocycles. The fourth-order valence-electron chi connectivity index (χ4n) is 3.07. The van der Waals surface area contributed by atoms with Crippen LogP contribution >= 0.6 is 0 Å². The second-order valence-electron chi connectivity index (χ2n) is 5.72. The molecule has 1 saturated heterocycles. The molecule has 2 fully saturated rings. The van der Waals surface area contributed by atoms with Crippen molar-refractivity contribution in [3.8, 4) is 11.3 Å². The standard InChI is InChI=1S/C15H18N4/c1-3-11(7-12(4-1)15-8-16-18-17-15)13-9-19(10-13)14-5-2-6-14/h1,3-4,7-8,13-14H,2,5-6,9-10H2,(H,16,17,18). The van der Waals surface area contributed by atoms with E-state index in [1.165, 1.54) is 37.9 Å². The highest BCUT2D eigenvalue weighted by Gasteiger charge is 2.35. The van der Waals surface area contributed by atoms with Gasteiger partial charge in [-0.2, -0.15) is 15.4 Å². The van der Waals surface area contributed by atoms with E-state index in [9.17, 15) is 0 Å². The average molecular weight is 254 g/mol. The second kappa shape index (κ2) is 4.46. The van der Waals surface area contributed by atoms with Gasteiger partial charge in [-0.1, -0.05) is 24.6 Å². The Labute approximate surface area is 112 Å². The van der Waals surface area contributed by atoms with Gasteiger partial charge in [-0.05, 0) is 24.5 Å². The third-order valence-electron chi connectivity index (χ3n) is 4.57. The Hall–Kier alpha value is -1.68. The second-order valence-corrected chi connectivity index (χ2v) is 5.72. The van der Waals surface area contributed by atoms with Crippen LogP contribution in [0.3, 0.4) is 0 Å². The number of hydrogen-bond acceptors (Lipinski definition) is 3. The van der Waals surface area contributed by atoms with Crippen LogP contribution in [-0.2, 0) is 0 Å². The number of H-pyrrole nitrogens is 1. The number of nitrogens with zero attached hydrogens (tertiary/aromatic N) is 3. The summed E-state index contributed by atoms with van der Waals surface area (Å²) in [7, 11) is 0. The minimum atomic E-state index is 0.701.